The van der Waals surface area contributed by atoms with Gasteiger partial charge in [0, 0.05) is 19.0 Å². The Bertz CT molecular complexity index is 461. The quantitative estimate of drug-likeness (QED) is 0.905. The molecule has 1 saturated heterocycles. The number of nitrogens with two attached hydrogens (primary N) is 1. The van der Waals surface area contributed by atoms with Crippen LogP contribution in [0.1, 0.15) is 57.2 Å². The molecule has 1 fully saturated rings. The highest BCUT2D eigenvalue weighted by molar-refractivity contribution is 5.85. The number of hydrogen-bond donors (Lipinski definition) is 1. The first kappa shape index (κ1) is 15.0. The van der Waals surface area contributed by atoms with E-state index in [9.17, 15) is 4.79 Å². The molecule has 1 atom stereocenters. The molecule has 1 aromatic rings. The van der Waals surface area contributed by atoms with Gasteiger partial charge in [0.05, 0.1) is 5.54 Å². The maximum absolute atomic E-state index is 12.4. The summed E-state index contributed by atoms with van der Waals surface area (Å²) in [6, 6.07) is 0. The third-order valence-electron chi connectivity index (χ3n) is 3.93. The largest absolute Gasteiger partial charge is 0.341 e. The van der Waals surface area contributed by atoms with Crippen LogP contribution >= 0.6 is 0 Å². The van der Waals surface area contributed by atoms with E-state index in [2.05, 4.69) is 10.1 Å². The van der Waals surface area contributed by atoms with Gasteiger partial charge in [-0.15, -0.1) is 0 Å². The van der Waals surface area contributed by atoms with E-state index in [1.165, 1.54) is 0 Å². The van der Waals surface area contributed by atoms with E-state index >= 15 is 0 Å². The van der Waals surface area contributed by atoms with Gasteiger partial charge in [0.25, 0.3) is 0 Å². The number of aromatic nitrogens is 2. The molecule has 0 spiro atoms. The average molecular weight is 280 g/mol. The van der Waals surface area contributed by atoms with Gasteiger partial charge in [-0.05, 0) is 33.1 Å². The van der Waals surface area contributed by atoms with E-state index in [-0.39, 0.29) is 11.8 Å². The van der Waals surface area contributed by atoms with Crippen LogP contribution in [-0.2, 0) is 4.79 Å². The van der Waals surface area contributed by atoms with E-state index in [0.717, 1.165) is 19.3 Å². The normalized spacial score (nSPS) is 19.9. The van der Waals surface area contributed by atoms with Crippen molar-refractivity contribution in [3.63, 3.8) is 0 Å². The zero-order chi connectivity index (χ0) is 14.8. The summed E-state index contributed by atoms with van der Waals surface area (Å²) in [5, 5.41) is 3.82. The fourth-order valence-corrected chi connectivity index (χ4v) is 2.80. The predicted molar refractivity (Wildman–Crippen MR) is 75.1 cm³/mol. The first-order valence-corrected chi connectivity index (χ1v) is 7.32. The molecule has 112 valence electrons. The summed E-state index contributed by atoms with van der Waals surface area (Å²) in [5.74, 6) is 1.67. The number of rotatable bonds is 4. The maximum atomic E-state index is 12.4. The molecule has 2 N–H and O–H groups in total. The Balaban J connectivity index is 1.92. The summed E-state index contributed by atoms with van der Waals surface area (Å²) in [5.41, 5.74) is 5.37. The Morgan fingerprint density at radius 3 is 2.65 bits per heavy atom. The highest BCUT2D eigenvalue weighted by Crippen LogP contribution is 2.28. The Morgan fingerprint density at radius 1 is 1.50 bits per heavy atom. The van der Waals surface area contributed by atoms with Crippen molar-refractivity contribution in [2.45, 2.75) is 57.9 Å². The molecular formula is C14H24N4O2. The number of amides is 1. The zero-order valence-corrected chi connectivity index (χ0v) is 12.6. The third-order valence-corrected chi connectivity index (χ3v) is 3.93. The summed E-state index contributed by atoms with van der Waals surface area (Å²) in [4.78, 5) is 18.6. The molecule has 1 aliphatic heterocycles. The fourth-order valence-electron chi connectivity index (χ4n) is 2.80. The number of carbonyl (C=O) groups excluding carboxylic acids is 1. The van der Waals surface area contributed by atoms with Crippen LogP contribution in [0.4, 0.5) is 0 Å². The molecule has 6 nitrogen and oxygen atoms in total. The zero-order valence-electron chi connectivity index (χ0n) is 12.6. The van der Waals surface area contributed by atoms with E-state index in [4.69, 9.17) is 10.3 Å². The van der Waals surface area contributed by atoms with Crippen LogP contribution in [0.2, 0.25) is 0 Å². The van der Waals surface area contributed by atoms with Gasteiger partial charge in [-0.25, -0.2) is 0 Å². The second kappa shape index (κ2) is 5.91. The van der Waals surface area contributed by atoms with Crippen LogP contribution in [-0.4, -0.2) is 39.6 Å². The number of aryl methyl sites for hydroxylation is 1. The van der Waals surface area contributed by atoms with Crippen molar-refractivity contribution in [1.29, 1.82) is 0 Å². The van der Waals surface area contributed by atoms with Gasteiger partial charge in [0.2, 0.25) is 11.8 Å². The Kier molecular flexibility index (Phi) is 4.42. The Labute approximate surface area is 119 Å². The molecule has 0 bridgehead atoms. The minimum atomic E-state index is -0.747. The van der Waals surface area contributed by atoms with Gasteiger partial charge >= 0.3 is 0 Å². The van der Waals surface area contributed by atoms with Gasteiger partial charge in [-0.3, -0.25) is 4.79 Å². The first-order chi connectivity index (χ1) is 9.44. The molecule has 1 aliphatic rings. The minimum absolute atomic E-state index is 0.0551. The van der Waals surface area contributed by atoms with Crippen LogP contribution in [0.5, 0.6) is 0 Å². The molecule has 0 saturated carbocycles. The summed E-state index contributed by atoms with van der Waals surface area (Å²) in [6.45, 7) is 7.11. The monoisotopic (exact) mass is 280 g/mol. The highest BCUT2D eigenvalue weighted by atomic mass is 16.5. The molecule has 0 aromatic carbocycles. The minimum Gasteiger partial charge on any atom is -0.341 e. The van der Waals surface area contributed by atoms with Crippen LogP contribution in [0.15, 0.2) is 4.52 Å². The number of hydrogen-bond acceptors (Lipinski definition) is 5. The summed E-state index contributed by atoms with van der Waals surface area (Å²) in [6.07, 6.45) is 3.34. The van der Waals surface area contributed by atoms with Crippen LogP contribution < -0.4 is 5.73 Å². The molecule has 20 heavy (non-hydrogen) atoms. The smallest absolute Gasteiger partial charge is 0.242 e. The van der Waals surface area contributed by atoms with Crippen molar-refractivity contribution in [3.05, 3.63) is 11.7 Å². The van der Waals surface area contributed by atoms with Crippen molar-refractivity contribution in [2.75, 3.05) is 13.1 Å². The van der Waals surface area contributed by atoms with Crippen molar-refractivity contribution in [3.8, 4) is 0 Å². The van der Waals surface area contributed by atoms with Crippen molar-refractivity contribution in [2.24, 2.45) is 5.73 Å². The van der Waals surface area contributed by atoms with Gasteiger partial charge in [-0.1, -0.05) is 18.5 Å². The fraction of sp³-hybridized carbons (Fsp3) is 0.786. The second-order valence-corrected chi connectivity index (χ2v) is 5.91. The van der Waals surface area contributed by atoms with E-state index in [0.29, 0.717) is 31.2 Å². The molecule has 0 radical (unpaired) electrons. The maximum Gasteiger partial charge on any atom is 0.242 e. The molecule has 6 heteroatoms. The highest BCUT2D eigenvalue weighted by Gasteiger charge is 2.35. The average Bonchev–Trinajstić information content (AvgIpc) is 2.85. The lowest BCUT2D eigenvalue weighted by atomic mass is 9.92. The van der Waals surface area contributed by atoms with Crippen molar-refractivity contribution < 1.29 is 9.32 Å². The first-order valence-electron chi connectivity index (χ1n) is 7.32. The van der Waals surface area contributed by atoms with Gasteiger partial charge < -0.3 is 15.2 Å². The van der Waals surface area contributed by atoms with E-state index in [1.807, 2.05) is 25.7 Å². The lowest BCUT2D eigenvalue weighted by molar-refractivity contribution is -0.137. The van der Waals surface area contributed by atoms with E-state index in [1.54, 1.807) is 0 Å². The van der Waals surface area contributed by atoms with Crippen LogP contribution in [0.3, 0.4) is 0 Å². The lowest BCUT2D eigenvalue weighted by Gasteiger charge is -2.36. The number of piperidine rings is 1. The summed E-state index contributed by atoms with van der Waals surface area (Å²) < 4.78 is 5.22. The SMILES string of the molecule is CCCC(C)(N)C(=O)N1CCC(c2nc(C)no2)CC1. The molecule has 0 aliphatic carbocycles. The number of carbonyl (C=O) groups is 1. The van der Waals surface area contributed by atoms with Gasteiger partial charge in [0.15, 0.2) is 5.82 Å². The van der Waals surface area contributed by atoms with Gasteiger partial charge in [0.1, 0.15) is 0 Å². The standard InChI is InChI=1S/C14H24N4O2/c1-4-7-14(3,15)13(19)18-8-5-11(6-9-18)12-16-10(2)17-20-12/h11H,4-9,15H2,1-3H3. The van der Waals surface area contributed by atoms with Crippen LogP contribution in [0.25, 0.3) is 0 Å². The Hall–Kier alpha value is -1.43. The van der Waals surface area contributed by atoms with Crippen LogP contribution in [0, 0.1) is 6.92 Å². The summed E-state index contributed by atoms with van der Waals surface area (Å²) >= 11 is 0. The molecule has 1 amide bonds. The van der Waals surface area contributed by atoms with E-state index < -0.39 is 5.54 Å². The molecule has 1 unspecified atom stereocenters. The number of nitrogens with zero attached hydrogens (tertiary/aromatic N) is 3. The molecule has 1 aromatic heterocycles. The van der Waals surface area contributed by atoms with Crippen molar-refractivity contribution >= 4 is 5.91 Å². The predicted octanol–water partition coefficient (Wildman–Crippen LogP) is 1.60. The molecule has 2 heterocycles. The summed E-state index contributed by atoms with van der Waals surface area (Å²) in [7, 11) is 0. The molecular weight excluding hydrogens is 256 g/mol. The van der Waals surface area contributed by atoms with Crippen molar-refractivity contribution in [1.82, 2.24) is 15.0 Å². The lowest BCUT2D eigenvalue weighted by Crippen LogP contribution is -2.54. The van der Waals surface area contributed by atoms with Gasteiger partial charge in [-0.2, -0.15) is 4.98 Å². The topological polar surface area (TPSA) is 85.3 Å². The number of likely N-dealkylation sites (tertiary alicyclic amines) is 1. The second-order valence-electron chi connectivity index (χ2n) is 5.91. The third kappa shape index (κ3) is 3.17. The Morgan fingerprint density at radius 2 is 2.15 bits per heavy atom. The molecule has 2 rings (SSSR count).